The maximum atomic E-state index is 13.8. The van der Waals surface area contributed by atoms with Crippen molar-refractivity contribution in [3.63, 3.8) is 0 Å². The van der Waals surface area contributed by atoms with Gasteiger partial charge in [0.1, 0.15) is 17.4 Å². The van der Waals surface area contributed by atoms with Crippen molar-refractivity contribution in [2.75, 3.05) is 12.8 Å². The molecule has 2 aromatic rings. The van der Waals surface area contributed by atoms with E-state index in [-0.39, 0.29) is 5.82 Å². The molecule has 0 bridgehead atoms. The number of aryl methyl sites for hydroxylation is 1. The van der Waals surface area contributed by atoms with Gasteiger partial charge in [0.2, 0.25) is 0 Å². The van der Waals surface area contributed by atoms with Crippen LogP contribution >= 0.6 is 15.9 Å². The van der Waals surface area contributed by atoms with Crippen LogP contribution in [-0.2, 0) is 7.05 Å². The molecule has 0 saturated heterocycles. The van der Waals surface area contributed by atoms with Crippen LogP contribution in [-0.4, -0.2) is 16.9 Å². The molecular weight excluding hydrogens is 301 g/mol. The van der Waals surface area contributed by atoms with E-state index >= 15 is 0 Å². The molecule has 0 aliphatic heterocycles. The molecule has 0 radical (unpaired) electrons. The number of nitrogens with zero attached hydrogens (tertiary/aromatic N) is 2. The van der Waals surface area contributed by atoms with E-state index in [4.69, 9.17) is 10.5 Å². The van der Waals surface area contributed by atoms with Gasteiger partial charge in [0.05, 0.1) is 17.8 Å². The molecule has 96 valence electrons. The van der Waals surface area contributed by atoms with Crippen LogP contribution in [0.1, 0.15) is 5.56 Å². The van der Waals surface area contributed by atoms with Gasteiger partial charge < -0.3 is 10.5 Å². The number of halogens is 2. The molecule has 0 unspecified atom stereocenters. The topological polar surface area (TPSA) is 53.1 Å². The Morgan fingerprint density at radius 3 is 2.67 bits per heavy atom. The van der Waals surface area contributed by atoms with E-state index in [0.717, 1.165) is 0 Å². The first-order valence-corrected chi connectivity index (χ1v) is 6.07. The number of rotatable bonds is 2. The minimum atomic E-state index is -0.319. The zero-order chi connectivity index (χ0) is 13.4. The Balaban J connectivity index is 2.81. The summed E-state index contributed by atoms with van der Waals surface area (Å²) in [5.74, 6) is 0.698. The molecule has 1 aromatic carbocycles. The maximum Gasteiger partial charge on any atom is 0.141 e. The third-order valence-corrected chi connectivity index (χ3v) is 3.48. The van der Waals surface area contributed by atoms with E-state index in [9.17, 15) is 4.39 Å². The number of ether oxygens (including phenoxy) is 1. The van der Waals surface area contributed by atoms with Crippen molar-refractivity contribution in [3.05, 3.63) is 28.1 Å². The molecule has 0 aliphatic rings. The van der Waals surface area contributed by atoms with E-state index < -0.39 is 0 Å². The fourth-order valence-corrected chi connectivity index (χ4v) is 2.42. The summed E-state index contributed by atoms with van der Waals surface area (Å²) in [7, 11) is 3.27. The number of methoxy groups -OCH3 is 1. The SMILES string of the molecule is COc1c(Br)cc(F)c(C)c1-c1cnn(C)c1N. The summed E-state index contributed by atoms with van der Waals surface area (Å²) in [5.41, 5.74) is 7.70. The quantitative estimate of drug-likeness (QED) is 0.927. The van der Waals surface area contributed by atoms with Crippen LogP contribution in [0.4, 0.5) is 10.2 Å². The molecule has 1 aromatic heterocycles. The van der Waals surface area contributed by atoms with Crippen LogP contribution in [0.2, 0.25) is 0 Å². The highest BCUT2D eigenvalue weighted by molar-refractivity contribution is 9.10. The standard InChI is InChI=1S/C12H13BrFN3O/c1-6-9(14)4-8(13)11(18-3)10(6)7-5-16-17(2)12(7)15/h4-5H,15H2,1-3H3. The second-order valence-electron chi connectivity index (χ2n) is 3.94. The Morgan fingerprint density at radius 1 is 1.50 bits per heavy atom. The first-order valence-electron chi connectivity index (χ1n) is 5.27. The molecule has 0 saturated carbocycles. The molecule has 6 heteroatoms. The Hall–Kier alpha value is -1.56. The zero-order valence-electron chi connectivity index (χ0n) is 10.3. The van der Waals surface area contributed by atoms with Gasteiger partial charge in [0.25, 0.3) is 0 Å². The zero-order valence-corrected chi connectivity index (χ0v) is 11.9. The average molecular weight is 314 g/mol. The number of nitrogens with two attached hydrogens (primary N) is 1. The van der Waals surface area contributed by atoms with E-state index in [1.165, 1.54) is 17.9 Å². The number of nitrogen functional groups attached to an aromatic ring is 1. The summed E-state index contributed by atoms with van der Waals surface area (Å²) in [6, 6.07) is 1.38. The fourth-order valence-electron chi connectivity index (χ4n) is 1.86. The predicted octanol–water partition coefficient (Wildman–Crippen LogP) is 2.89. The lowest BCUT2D eigenvalue weighted by Crippen LogP contribution is -2.00. The second kappa shape index (κ2) is 4.61. The minimum absolute atomic E-state index is 0.319. The molecular formula is C12H13BrFN3O. The second-order valence-corrected chi connectivity index (χ2v) is 4.79. The average Bonchev–Trinajstić information content (AvgIpc) is 2.65. The van der Waals surface area contributed by atoms with Crippen LogP contribution in [0.25, 0.3) is 11.1 Å². The highest BCUT2D eigenvalue weighted by Crippen LogP contribution is 2.42. The van der Waals surface area contributed by atoms with Gasteiger partial charge in [0, 0.05) is 18.2 Å². The normalized spacial score (nSPS) is 10.7. The lowest BCUT2D eigenvalue weighted by molar-refractivity contribution is 0.412. The number of anilines is 1. The van der Waals surface area contributed by atoms with Crippen LogP contribution in [0.5, 0.6) is 5.75 Å². The van der Waals surface area contributed by atoms with Crippen molar-refractivity contribution >= 4 is 21.7 Å². The van der Waals surface area contributed by atoms with E-state index in [1.807, 2.05) is 0 Å². The highest BCUT2D eigenvalue weighted by Gasteiger charge is 2.20. The Labute approximate surface area is 113 Å². The Morgan fingerprint density at radius 2 is 2.17 bits per heavy atom. The van der Waals surface area contributed by atoms with Gasteiger partial charge in [0.15, 0.2) is 0 Å². The molecule has 0 spiro atoms. The Bertz CT molecular complexity index is 610. The van der Waals surface area contributed by atoms with E-state index in [0.29, 0.717) is 32.7 Å². The first kappa shape index (κ1) is 12.9. The van der Waals surface area contributed by atoms with Gasteiger partial charge in [-0.15, -0.1) is 0 Å². The van der Waals surface area contributed by atoms with Crippen molar-refractivity contribution in [1.29, 1.82) is 0 Å². The molecule has 2 rings (SSSR count). The lowest BCUT2D eigenvalue weighted by atomic mass is 10.0. The third-order valence-electron chi connectivity index (χ3n) is 2.89. The highest BCUT2D eigenvalue weighted by atomic mass is 79.9. The minimum Gasteiger partial charge on any atom is -0.495 e. The van der Waals surface area contributed by atoms with Gasteiger partial charge in [-0.05, 0) is 34.5 Å². The monoisotopic (exact) mass is 313 g/mol. The van der Waals surface area contributed by atoms with Gasteiger partial charge in [-0.3, -0.25) is 4.68 Å². The van der Waals surface area contributed by atoms with Crippen molar-refractivity contribution in [2.24, 2.45) is 7.05 Å². The summed E-state index contributed by atoms with van der Waals surface area (Å²) in [6.45, 7) is 1.69. The summed E-state index contributed by atoms with van der Waals surface area (Å²) in [6.07, 6.45) is 1.60. The maximum absolute atomic E-state index is 13.8. The van der Waals surface area contributed by atoms with Crippen LogP contribution < -0.4 is 10.5 Å². The summed E-state index contributed by atoms with van der Waals surface area (Å²) in [5, 5.41) is 4.07. The third kappa shape index (κ3) is 1.86. The summed E-state index contributed by atoms with van der Waals surface area (Å²) in [4.78, 5) is 0. The van der Waals surface area contributed by atoms with Crippen molar-refractivity contribution in [2.45, 2.75) is 6.92 Å². The van der Waals surface area contributed by atoms with Gasteiger partial charge >= 0.3 is 0 Å². The van der Waals surface area contributed by atoms with Crippen LogP contribution in [0.3, 0.4) is 0 Å². The van der Waals surface area contributed by atoms with Crippen molar-refractivity contribution in [1.82, 2.24) is 9.78 Å². The van der Waals surface area contributed by atoms with Gasteiger partial charge in [-0.2, -0.15) is 5.10 Å². The Kier molecular flexibility index (Phi) is 3.30. The summed E-state index contributed by atoms with van der Waals surface area (Å²) >= 11 is 3.29. The van der Waals surface area contributed by atoms with Crippen molar-refractivity contribution < 1.29 is 9.13 Å². The fraction of sp³-hybridized carbons (Fsp3) is 0.250. The molecule has 0 atom stereocenters. The first-order chi connectivity index (χ1) is 8.47. The predicted molar refractivity (Wildman–Crippen MR) is 72.0 cm³/mol. The molecule has 0 aliphatic carbocycles. The van der Waals surface area contributed by atoms with E-state index in [1.54, 1.807) is 20.2 Å². The molecule has 4 nitrogen and oxygen atoms in total. The number of aromatic nitrogens is 2. The molecule has 0 amide bonds. The van der Waals surface area contributed by atoms with Gasteiger partial charge in [-0.1, -0.05) is 0 Å². The number of benzene rings is 1. The lowest BCUT2D eigenvalue weighted by Gasteiger charge is -2.14. The smallest absolute Gasteiger partial charge is 0.141 e. The van der Waals surface area contributed by atoms with Crippen LogP contribution in [0, 0.1) is 12.7 Å². The van der Waals surface area contributed by atoms with Crippen molar-refractivity contribution in [3.8, 4) is 16.9 Å². The van der Waals surface area contributed by atoms with Crippen LogP contribution in [0.15, 0.2) is 16.7 Å². The molecule has 2 N–H and O–H groups in total. The number of hydrogen-bond acceptors (Lipinski definition) is 3. The van der Waals surface area contributed by atoms with E-state index in [2.05, 4.69) is 21.0 Å². The molecule has 18 heavy (non-hydrogen) atoms. The number of hydrogen-bond donors (Lipinski definition) is 1. The largest absolute Gasteiger partial charge is 0.495 e. The summed E-state index contributed by atoms with van der Waals surface area (Å²) < 4.78 is 21.2. The molecule has 1 heterocycles. The van der Waals surface area contributed by atoms with Gasteiger partial charge in [-0.25, -0.2) is 4.39 Å². The molecule has 0 fully saturated rings.